The number of rotatable bonds is 5. The number of quaternary nitrogens is 1. The molecule has 27 heavy (non-hydrogen) atoms. The molecule has 1 aromatic carbocycles. The molecule has 0 radical (unpaired) electrons. The van der Waals surface area contributed by atoms with Crippen LogP contribution in [0.4, 0.5) is 5.69 Å². The maximum atomic E-state index is 12.4. The summed E-state index contributed by atoms with van der Waals surface area (Å²) in [7, 11) is 2.15. The zero-order valence-electron chi connectivity index (χ0n) is 15.9. The summed E-state index contributed by atoms with van der Waals surface area (Å²) in [5.74, 6) is -0.122. The van der Waals surface area contributed by atoms with Crippen molar-refractivity contribution in [2.75, 3.05) is 33.2 Å². The van der Waals surface area contributed by atoms with Gasteiger partial charge in [-0.15, -0.1) is 0 Å². The SMILES string of the molecule is Cc1nn(Cc2ccc(C(=O)NN3CC[NH+](C)CC3)cc2)c(C)c1[N+](=O)[O-]. The van der Waals surface area contributed by atoms with E-state index in [1.807, 2.05) is 17.1 Å². The number of nitro groups is 1. The lowest BCUT2D eigenvalue weighted by atomic mass is 10.1. The van der Waals surface area contributed by atoms with E-state index in [2.05, 4.69) is 17.6 Å². The van der Waals surface area contributed by atoms with E-state index in [0.717, 1.165) is 31.7 Å². The summed E-state index contributed by atoms with van der Waals surface area (Å²) in [5, 5.41) is 17.3. The molecule has 2 aromatic rings. The van der Waals surface area contributed by atoms with Gasteiger partial charge in [0.25, 0.3) is 5.91 Å². The fraction of sp³-hybridized carbons (Fsp3) is 0.444. The highest BCUT2D eigenvalue weighted by Gasteiger charge is 2.22. The van der Waals surface area contributed by atoms with Crippen molar-refractivity contribution >= 4 is 11.6 Å². The van der Waals surface area contributed by atoms with Crippen molar-refractivity contribution < 1.29 is 14.6 Å². The summed E-state index contributed by atoms with van der Waals surface area (Å²) in [6.07, 6.45) is 0. The molecule has 0 bridgehead atoms. The molecule has 144 valence electrons. The predicted octanol–water partition coefficient (Wildman–Crippen LogP) is -0.0685. The maximum absolute atomic E-state index is 12.4. The molecule has 1 amide bonds. The Kier molecular flexibility index (Phi) is 5.52. The van der Waals surface area contributed by atoms with Crippen LogP contribution in [-0.2, 0) is 6.54 Å². The normalized spacial score (nSPS) is 15.7. The van der Waals surface area contributed by atoms with E-state index in [1.165, 1.54) is 4.90 Å². The van der Waals surface area contributed by atoms with Gasteiger partial charge in [0.05, 0.1) is 44.7 Å². The molecule has 1 saturated heterocycles. The number of likely N-dealkylation sites (N-methyl/N-ethyl adjacent to an activating group) is 1. The second kappa shape index (κ2) is 7.85. The Bertz CT molecular complexity index is 838. The lowest BCUT2D eigenvalue weighted by molar-refractivity contribution is -0.884. The van der Waals surface area contributed by atoms with Crippen molar-refractivity contribution in [1.82, 2.24) is 20.2 Å². The molecular weight excluding hydrogens is 348 g/mol. The lowest BCUT2D eigenvalue weighted by Crippen LogP contribution is -3.12. The number of benzene rings is 1. The van der Waals surface area contributed by atoms with E-state index >= 15 is 0 Å². The summed E-state index contributed by atoms with van der Waals surface area (Å²) in [6.45, 7) is 7.44. The first-order valence-electron chi connectivity index (χ1n) is 8.99. The summed E-state index contributed by atoms with van der Waals surface area (Å²) in [6, 6.07) is 7.24. The van der Waals surface area contributed by atoms with Crippen molar-refractivity contribution in [3.8, 4) is 0 Å². The number of hydrogen-bond acceptors (Lipinski definition) is 5. The van der Waals surface area contributed by atoms with Crippen molar-refractivity contribution in [3.63, 3.8) is 0 Å². The molecule has 9 nitrogen and oxygen atoms in total. The third-order valence-corrected chi connectivity index (χ3v) is 4.95. The summed E-state index contributed by atoms with van der Waals surface area (Å²) < 4.78 is 1.62. The Hall–Kier alpha value is -2.78. The number of hydrazine groups is 1. The molecule has 1 aliphatic heterocycles. The average Bonchev–Trinajstić information content (AvgIpc) is 2.91. The molecule has 3 rings (SSSR count). The van der Waals surface area contributed by atoms with Crippen LogP contribution in [0.5, 0.6) is 0 Å². The second-order valence-electron chi connectivity index (χ2n) is 7.02. The van der Waals surface area contributed by atoms with Gasteiger partial charge in [0.2, 0.25) is 0 Å². The first-order valence-corrected chi connectivity index (χ1v) is 8.99. The molecule has 0 aliphatic carbocycles. The summed E-state index contributed by atoms with van der Waals surface area (Å²) in [4.78, 5) is 24.6. The van der Waals surface area contributed by atoms with Crippen LogP contribution in [0.25, 0.3) is 0 Å². The van der Waals surface area contributed by atoms with Crippen LogP contribution in [0.2, 0.25) is 0 Å². The molecule has 2 N–H and O–H groups in total. The van der Waals surface area contributed by atoms with E-state index in [1.54, 1.807) is 30.7 Å². The Morgan fingerprint density at radius 2 is 1.89 bits per heavy atom. The number of nitrogens with zero attached hydrogens (tertiary/aromatic N) is 4. The molecule has 0 saturated carbocycles. The van der Waals surface area contributed by atoms with Crippen LogP contribution in [0, 0.1) is 24.0 Å². The Morgan fingerprint density at radius 1 is 1.26 bits per heavy atom. The minimum absolute atomic E-state index is 0.0556. The topological polar surface area (TPSA) is 97.7 Å². The molecule has 0 atom stereocenters. The first-order chi connectivity index (χ1) is 12.8. The van der Waals surface area contributed by atoms with Crippen molar-refractivity contribution in [1.29, 1.82) is 0 Å². The molecule has 1 aliphatic rings. The van der Waals surface area contributed by atoms with Gasteiger partial charge in [0.1, 0.15) is 11.4 Å². The first kappa shape index (κ1) is 19.0. The average molecular weight is 373 g/mol. The lowest BCUT2D eigenvalue weighted by Gasteiger charge is -2.30. The predicted molar refractivity (Wildman–Crippen MR) is 99.6 cm³/mol. The Balaban J connectivity index is 1.64. The fourth-order valence-corrected chi connectivity index (χ4v) is 3.25. The Morgan fingerprint density at radius 3 is 2.44 bits per heavy atom. The van der Waals surface area contributed by atoms with Crippen LogP contribution < -0.4 is 10.3 Å². The zero-order valence-corrected chi connectivity index (χ0v) is 15.9. The third kappa shape index (κ3) is 4.32. The van der Waals surface area contributed by atoms with E-state index in [0.29, 0.717) is 23.5 Å². The number of hydrogen-bond donors (Lipinski definition) is 2. The highest BCUT2D eigenvalue weighted by atomic mass is 16.6. The molecule has 0 spiro atoms. The third-order valence-electron chi connectivity index (χ3n) is 4.95. The van der Waals surface area contributed by atoms with E-state index in [9.17, 15) is 14.9 Å². The Labute approximate surface area is 157 Å². The van der Waals surface area contributed by atoms with Gasteiger partial charge in [-0.2, -0.15) is 5.10 Å². The highest BCUT2D eigenvalue weighted by molar-refractivity contribution is 5.93. The summed E-state index contributed by atoms with van der Waals surface area (Å²) >= 11 is 0. The van der Waals surface area contributed by atoms with E-state index < -0.39 is 4.92 Å². The van der Waals surface area contributed by atoms with Gasteiger partial charge < -0.3 is 4.90 Å². The molecule has 1 aromatic heterocycles. The summed E-state index contributed by atoms with van der Waals surface area (Å²) in [5.41, 5.74) is 5.44. The number of amides is 1. The van der Waals surface area contributed by atoms with E-state index in [-0.39, 0.29) is 11.6 Å². The monoisotopic (exact) mass is 373 g/mol. The van der Waals surface area contributed by atoms with E-state index in [4.69, 9.17) is 0 Å². The quantitative estimate of drug-likeness (QED) is 0.565. The van der Waals surface area contributed by atoms with Crippen molar-refractivity contribution in [3.05, 3.63) is 56.9 Å². The van der Waals surface area contributed by atoms with Gasteiger partial charge >= 0.3 is 5.69 Å². The highest BCUT2D eigenvalue weighted by Crippen LogP contribution is 2.22. The minimum atomic E-state index is -0.401. The minimum Gasteiger partial charge on any atom is -0.335 e. The smallest absolute Gasteiger partial charge is 0.312 e. The van der Waals surface area contributed by atoms with Crippen molar-refractivity contribution in [2.24, 2.45) is 0 Å². The molecule has 1 fully saturated rings. The zero-order chi connectivity index (χ0) is 19.6. The number of carbonyl (C=O) groups excluding carboxylic acids is 1. The van der Waals surface area contributed by atoms with Crippen LogP contribution >= 0.6 is 0 Å². The van der Waals surface area contributed by atoms with Crippen LogP contribution in [-0.4, -0.2) is 58.8 Å². The second-order valence-corrected chi connectivity index (χ2v) is 7.02. The number of aryl methyl sites for hydroxylation is 1. The van der Waals surface area contributed by atoms with Gasteiger partial charge in [0, 0.05) is 5.56 Å². The number of piperazine rings is 1. The van der Waals surface area contributed by atoms with Crippen LogP contribution in [0.1, 0.15) is 27.3 Å². The van der Waals surface area contributed by atoms with Gasteiger partial charge in [-0.25, -0.2) is 5.01 Å². The van der Waals surface area contributed by atoms with Gasteiger partial charge in [-0.1, -0.05) is 12.1 Å². The molecule has 0 unspecified atom stereocenters. The number of carbonyl (C=O) groups is 1. The standard InChI is InChI=1S/C18H24N6O3/c1-13-17(24(26)27)14(2)23(19-13)12-15-4-6-16(7-5-15)18(25)20-22-10-8-21(3)9-11-22/h4-7H,8-12H2,1-3H3,(H,20,25)/p+1. The van der Waals surface area contributed by atoms with Gasteiger partial charge in [0.15, 0.2) is 0 Å². The molecule has 9 heteroatoms. The number of aromatic nitrogens is 2. The maximum Gasteiger partial charge on any atom is 0.312 e. The van der Waals surface area contributed by atoms with Gasteiger partial charge in [-0.05, 0) is 31.5 Å². The fourth-order valence-electron chi connectivity index (χ4n) is 3.25. The molecule has 2 heterocycles. The van der Waals surface area contributed by atoms with Crippen LogP contribution in [0.3, 0.4) is 0 Å². The van der Waals surface area contributed by atoms with Crippen LogP contribution in [0.15, 0.2) is 24.3 Å². The largest absolute Gasteiger partial charge is 0.335 e. The van der Waals surface area contributed by atoms with Crippen molar-refractivity contribution in [2.45, 2.75) is 20.4 Å². The number of nitrogens with one attached hydrogen (secondary N) is 2. The molecular formula is C18H25N6O3+. The van der Waals surface area contributed by atoms with Gasteiger partial charge in [-0.3, -0.25) is 25.0 Å².